The molecule has 1 aliphatic heterocycles. The van der Waals surface area contributed by atoms with Crippen molar-refractivity contribution in [2.24, 2.45) is 5.92 Å². The summed E-state index contributed by atoms with van der Waals surface area (Å²) in [6.45, 7) is 4.63. The van der Waals surface area contributed by atoms with Crippen LogP contribution < -0.4 is 4.90 Å². The van der Waals surface area contributed by atoms with Gasteiger partial charge in [-0.05, 0) is 30.9 Å². The maximum absolute atomic E-state index is 11.5. The molecule has 1 aliphatic rings. The lowest BCUT2D eigenvalue weighted by molar-refractivity contribution is 0.0685. The highest BCUT2D eigenvalue weighted by molar-refractivity contribution is 5.94. The molecular weight excluding hydrogens is 240 g/mol. The first-order valence-electron chi connectivity index (χ1n) is 6.99. The van der Waals surface area contributed by atoms with Crippen molar-refractivity contribution in [3.8, 4) is 0 Å². The molecule has 0 amide bonds. The first-order valence-corrected chi connectivity index (χ1v) is 6.99. The van der Waals surface area contributed by atoms with Gasteiger partial charge < -0.3 is 9.64 Å². The van der Waals surface area contributed by atoms with Crippen molar-refractivity contribution in [3.63, 3.8) is 0 Å². The third kappa shape index (κ3) is 3.77. The lowest BCUT2D eigenvalue weighted by Crippen LogP contribution is -2.29. The molecule has 4 heteroatoms. The van der Waals surface area contributed by atoms with E-state index in [9.17, 15) is 4.79 Å². The number of pyridine rings is 1. The fourth-order valence-corrected chi connectivity index (χ4v) is 2.38. The van der Waals surface area contributed by atoms with Crippen LogP contribution >= 0.6 is 0 Å². The topological polar surface area (TPSA) is 42.4 Å². The van der Waals surface area contributed by atoms with Gasteiger partial charge in [0.15, 0.2) is 5.78 Å². The van der Waals surface area contributed by atoms with E-state index in [4.69, 9.17) is 4.74 Å². The van der Waals surface area contributed by atoms with Crippen LogP contribution in [0.15, 0.2) is 18.3 Å². The maximum atomic E-state index is 11.5. The van der Waals surface area contributed by atoms with Gasteiger partial charge in [-0.2, -0.15) is 0 Å². The van der Waals surface area contributed by atoms with Crippen LogP contribution in [0.1, 0.15) is 36.7 Å². The van der Waals surface area contributed by atoms with Crippen LogP contribution in [0, 0.1) is 5.92 Å². The van der Waals surface area contributed by atoms with Gasteiger partial charge in [0.25, 0.3) is 0 Å². The van der Waals surface area contributed by atoms with Gasteiger partial charge in [0.05, 0.1) is 11.9 Å². The average Bonchev–Trinajstić information content (AvgIpc) is 2.47. The first-order chi connectivity index (χ1) is 9.20. The lowest BCUT2D eigenvalue weighted by Gasteiger charge is -2.28. The van der Waals surface area contributed by atoms with Crippen LogP contribution in [0.25, 0.3) is 0 Å². The number of hydrogen-bond donors (Lipinski definition) is 0. The number of Topliss-reactive ketones (excluding diaryl/α,β-unsaturated/α-hetero) is 1. The third-order valence-electron chi connectivity index (χ3n) is 3.67. The Morgan fingerprint density at radius 3 is 2.74 bits per heavy atom. The molecule has 1 aromatic heterocycles. The molecule has 1 saturated heterocycles. The van der Waals surface area contributed by atoms with E-state index in [-0.39, 0.29) is 5.78 Å². The van der Waals surface area contributed by atoms with E-state index in [1.165, 1.54) is 0 Å². The Morgan fingerprint density at radius 2 is 2.16 bits per heavy atom. The molecule has 0 radical (unpaired) electrons. The van der Waals surface area contributed by atoms with Gasteiger partial charge in [0, 0.05) is 33.2 Å². The smallest absolute Gasteiger partial charge is 0.180 e. The predicted molar refractivity (Wildman–Crippen MR) is 75.7 cm³/mol. The lowest BCUT2D eigenvalue weighted by atomic mass is 10.00. The normalized spacial score (nSPS) is 16.3. The summed E-state index contributed by atoms with van der Waals surface area (Å²) < 4.78 is 5.37. The number of anilines is 1. The fourth-order valence-electron chi connectivity index (χ4n) is 2.38. The highest BCUT2D eigenvalue weighted by Gasteiger charge is 2.16. The molecule has 4 nitrogen and oxygen atoms in total. The zero-order valence-corrected chi connectivity index (χ0v) is 11.8. The summed E-state index contributed by atoms with van der Waals surface area (Å²) in [6, 6.07) is 3.80. The molecule has 1 fully saturated rings. The molecule has 19 heavy (non-hydrogen) atoms. The first kappa shape index (κ1) is 14.0. The number of nitrogens with zero attached hydrogens (tertiary/aromatic N) is 2. The Kier molecular flexibility index (Phi) is 4.91. The monoisotopic (exact) mass is 262 g/mol. The van der Waals surface area contributed by atoms with Gasteiger partial charge in [-0.1, -0.05) is 6.92 Å². The SMILES string of the molecule is CCC(=O)c1ccc(N(C)CC2CCOCC2)cn1. The Morgan fingerprint density at radius 1 is 1.42 bits per heavy atom. The summed E-state index contributed by atoms with van der Waals surface area (Å²) in [5, 5.41) is 0. The number of carbonyl (C=O) groups is 1. The molecule has 1 aromatic rings. The zero-order chi connectivity index (χ0) is 13.7. The Balaban J connectivity index is 1.94. The Hall–Kier alpha value is -1.42. The molecule has 0 aliphatic carbocycles. The maximum Gasteiger partial charge on any atom is 0.180 e. The Bertz CT molecular complexity index is 411. The number of aromatic nitrogens is 1. The second-order valence-electron chi connectivity index (χ2n) is 5.11. The van der Waals surface area contributed by atoms with Crippen molar-refractivity contribution in [2.75, 3.05) is 31.7 Å². The highest BCUT2D eigenvalue weighted by atomic mass is 16.5. The molecule has 0 saturated carbocycles. The molecular formula is C15H22N2O2. The van der Waals surface area contributed by atoms with Gasteiger partial charge >= 0.3 is 0 Å². The van der Waals surface area contributed by atoms with Gasteiger partial charge in [0.2, 0.25) is 0 Å². The molecule has 104 valence electrons. The minimum absolute atomic E-state index is 0.0960. The number of rotatable bonds is 5. The van der Waals surface area contributed by atoms with Crippen LogP contribution in [0.2, 0.25) is 0 Å². The van der Waals surface area contributed by atoms with E-state index in [2.05, 4.69) is 16.9 Å². The number of hydrogen-bond acceptors (Lipinski definition) is 4. The fraction of sp³-hybridized carbons (Fsp3) is 0.600. The second kappa shape index (κ2) is 6.66. The van der Waals surface area contributed by atoms with E-state index in [1.807, 2.05) is 19.1 Å². The average molecular weight is 262 g/mol. The van der Waals surface area contributed by atoms with E-state index in [1.54, 1.807) is 6.20 Å². The van der Waals surface area contributed by atoms with Gasteiger partial charge in [-0.25, -0.2) is 0 Å². The van der Waals surface area contributed by atoms with E-state index in [0.717, 1.165) is 38.3 Å². The number of carbonyl (C=O) groups excluding carboxylic acids is 1. The van der Waals surface area contributed by atoms with Crippen LogP contribution in [0.5, 0.6) is 0 Å². The van der Waals surface area contributed by atoms with Gasteiger partial charge in [0.1, 0.15) is 5.69 Å². The largest absolute Gasteiger partial charge is 0.381 e. The molecule has 2 rings (SSSR count). The quantitative estimate of drug-likeness (QED) is 0.765. The Labute approximate surface area is 114 Å². The molecule has 0 aromatic carbocycles. The molecule has 0 bridgehead atoms. The van der Waals surface area contributed by atoms with Crippen molar-refractivity contribution in [1.82, 2.24) is 4.98 Å². The van der Waals surface area contributed by atoms with Crippen LogP contribution in [-0.2, 0) is 4.74 Å². The minimum atomic E-state index is 0.0960. The highest BCUT2D eigenvalue weighted by Crippen LogP contribution is 2.19. The standard InChI is InChI=1S/C15H22N2O2/c1-3-15(18)14-5-4-13(10-16-14)17(2)11-12-6-8-19-9-7-12/h4-5,10,12H,3,6-9,11H2,1-2H3. The second-order valence-corrected chi connectivity index (χ2v) is 5.11. The predicted octanol–water partition coefficient (Wildman–Crippen LogP) is 2.54. The van der Waals surface area contributed by atoms with Gasteiger partial charge in [-0.15, -0.1) is 0 Å². The summed E-state index contributed by atoms with van der Waals surface area (Å²) >= 11 is 0. The minimum Gasteiger partial charge on any atom is -0.381 e. The summed E-state index contributed by atoms with van der Waals surface area (Å²) in [5.41, 5.74) is 1.63. The van der Waals surface area contributed by atoms with Crippen LogP contribution in [0.4, 0.5) is 5.69 Å². The molecule has 0 unspecified atom stereocenters. The van der Waals surface area contributed by atoms with Gasteiger partial charge in [-0.3, -0.25) is 9.78 Å². The molecule has 0 N–H and O–H groups in total. The molecule has 0 spiro atoms. The summed E-state index contributed by atoms with van der Waals surface area (Å²) in [7, 11) is 2.08. The van der Waals surface area contributed by atoms with E-state index < -0.39 is 0 Å². The summed E-state index contributed by atoms with van der Waals surface area (Å²) in [5.74, 6) is 0.786. The summed E-state index contributed by atoms with van der Waals surface area (Å²) in [4.78, 5) is 18.0. The van der Waals surface area contributed by atoms with Crippen molar-refractivity contribution < 1.29 is 9.53 Å². The van der Waals surface area contributed by atoms with Crippen molar-refractivity contribution >= 4 is 11.5 Å². The van der Waals surface area contributed by atoms with E-state index >= 15 is 0 Å². The summed E-state index contributed by atoms with van der Waals surface area (Å²) in [6.07, 6.45) is 4.56. The van der Waals surface area contributed by atoms with Crippen molar-refractivity contribution in [3.05, 3.63) is 24.0 Å². The van der Waals surface area contributed by atoms with Crippen LogP contribution in [-0.4, -0.2) is 37.6 Å². The van der Waals surface area contributed by atoms with Crippen molar-refractivity contribution in [1.29, 1.82) is 0 Å². The number of ketones is 1. The van der Waals surface area contributed by atoms with Crippen LogP contribution in [0.3, 0.4) is 0 Å². The van der Waals surface area contributed by atoms with E-state index in [0.29, 0.717) is 18.0 Å². The zero-order valence-electron chi connectivity index (χ0n) is 11.8. The molecule has 2 heterocycles. The third-order valence-corrected chi connectivity index (χ3v) is 3.67. The van der Waals surface area contributed by atoms with Crippen molar-refractivity contribution in [2.45, 2.75) is 26.2 Å². The molecule has 0 atom stereocenters. The number of ether oxygens (including phenoxy) is 1.